The van der Waals surface area contributed by atoms with E-state index in [1.807, 2.05) is 6.92 Å². The zero-order valence-corrected chi connectivity index (χ0v) is 12.2. The van der Waals surface area contributed by atoms with Crippen LogP contribution in [0.1, 0.15) is 32.6 Å². The highest BCUT2D eigenvalue weighted by atomic mass is 35.5. The van der Waals surface area contributed by atoms with Crippen LogP contribution >= 0.6 is 11.6 Å². The van der Waals surface area contributed by atoms with Crippen LogP contribution in [-0.2, 0) is 9.53 Å². The third kappa shape index (κ3) is 3.17. The van der Waals surface area contributed by atoms with Crippen LogP contribution in [0.3, 0.4) is 0 Å². The Morgan fingerprint density at radius 1 is 1.65 bits per heavy atom. The summed E-state index contributed by atoms with van der Waals surface area (Å²) in [6, 6.07) is -0.0479. The highest BCUT2D eigenvalue weighted by Crippen LogP contribution is 2.38. The quantitative estimate of drug-likeness (QED) is 0.687. The minimum absolute atomic E-state index is 0.0135. The maximum absolute atomic E-state index is 13.6. The standard InChI is InChI=1S/C13H17ClFN3O2/c1-13(11(19)20-2)5-3-4-8(6-13)17-10-9(15)7-16-12(14)18-10/h7-8H,3-6H2,1-2H3,(H,16,17,18)/t8?,13-/m1/s1. The fraction of sp³-hybridized carbons (Fsp3) is 0.615. The predicted octanol–water partition coefficient (Wildman–Crippen LogP) is 2.80. The molecule has 2 rings (SSSR count). The zero-order chi connectivity index (χ0) is 14.8. The molecule has 7 heteroatoms. The van der Waals surface area contributed by atoms with E-state index < -0.39 is 11.2 Å². The van der Waals surface area contributed by atoms with Gasteiger partial charge in [0.25, 0.3) is 0 Å². The molecular weight excluding hydrogens is 285 g/mol. The molecule has 5 nitrogen and oxygen atoms in total. The maximum atomic E-state index is 13.6. The number of esters is 1. The van der Waals surface area contributed by atoms with Crippen molar-refractivity contribution >= 4 is 23.4 Å². The molecule has 1 heterocycles. The van der Waals surface area contributed by atoms with Gasteiger partial charge in [-0.3, -0.25) is 4.79 Å². The van der Waals surface area contributed by atoms with Crippen molar-refractivity contribution in [3.8, 4) is 0 Å². The average Bonchev–Trinajstić information content (AvgIpc) is 2.42. The third-order valence-electron chi connectivity index (χ3n) is 3.71. The average molecular weight is 302 g/mol. The van der Waals surface area contributed by atoms with E-state index in [-0.39, 0.29) is 23.1 Å². The summed E-state index contributed by atoms with van der Waals surface area (Å²) in [7, 11) is 1.38. The van der Waals surface area contributed by atoms with E-state index in [2.05, 4.69) is 15.3 Å². The Hall–Kier alpha value is -1.43. The molecule has 1 aromatic heterocycles. The first-order chi connectivity index (χ1) is 9.44. The number of rotatable bonds is 3. The van der Waals surface area contributed by atoms with Crippen molar-refractivity contribution in [1.82, 2.24) is 9.97 Å². The van der Waals surface area contributed by atoms with E-state index in [1.165, 1.54) is 7.11 Å². The van der Waals surface area contributed by atoms with Gasteiger partial charge in [-0.05, 0) is 37.8 Å². The van der Waals surface area contributed by atoms with E-state index in [0.29, 0.717) is 6.42 Å². The van der Waals surface area contributed by atoms with Gasteiger partial charge in [0.15, 0.2) is 11.6 Å². The van der Waals surface area contributed by atoms with Crippen LogP contribution < -0.4 is 5.32 Å². The van der Waals surface area contributed by atoms with Gasteiger partial charge in [-0.15, -0.1) is 0 Å². The topological polar surface area (TPSA) is 64.1 Å². The lowest BCUT2D eigenvalue weighted by molar-refractivity contribution is -0.153. The lowest BCUT2D eigenvalue weighted by Gasteiger charge is -2.36. The first kappa shape index (κ1) is 15.0. The van der Waals surface area contributed by atoms with Crippen LogP contribution in [0.5, 0.6) is 0 Å². The number of aromatic nitrogens is 2. The molecule has 110 valence electrons. The molecular formula is C13H17ClFN3O2. The monoisotopic (exact) mass is 301 g/mol. The van der Waals surface area contributed by atoms with Crippen molar-refractivity contribution in [3.05, 3.63) is 17.3 Å². The van der Waals surface area contributed by atoms with Crippen LogP contribution in [-0.4, -0.2) is 29.1 Å². The summed E-state index contributed by atoms with van der Waals surface area (Å²) in [5.41, 5.74) is -0.544. The first-order valence-corrected chi connectivity index (χ1v) is 6.85. The number of hydrogen-bond acceptors (Lipinski definition) is 5. The molecule has 0 aromatic carbocycles. The Labute approximate surface area is 121 Å². The number of nitrogens with one attached hydrogen (secondary N) is 1. The van der Waals surface area contributed by atoms with E-state index in [1.54, 1.807) is 0 Å². The van der Waals surface area contributed by atoms with E-state index in [9.17, 15) is 9.18 Å². The molecule has 0 radical (unpaired) electrons. The largest absolute Gasteiger partial charge is 0.469 e. The summed E-state index contributed by atoms with van der Waals surface area (Å²) < 4.78 is 18.5. The number of anilines is 1. The number of ether oxygens (including phenoxy) is 1. The number of nitrogens with zero attached hydrogens (tertiary/aromatic N) is 2. The van der Waals surface area contributed by atoms with Crippen LogP contribution in [0.15, 0.2) is 6.20 Å². The molecule has 0 bridgehead atoms. The molecule has 1 fully saturated rings. The summed E-state index contributed by atoms with van der Waals surface area (Å²) in [5.74, 6) is -0.714. The van der Waals surface area contributed by atoms with Crippen LogP contribution in [0.4, 0.5) is 10.2 Å². The number of carbonyl (C=O) groups excluding carboxylic acids is 1. The van der Waals surface area contributed by atoms with Crippen LogP contribution in [0.25, 0.3) is 0 Å². The molecule has 1 aromatic rings. The summed E-state index contributed by atoms with van der Waals surface area (Å²) in [6.07, 6.45) is 4.07. The van der Waals surface area contributed by atoms with Crippen molar-refractivity contribution in [2.45, 2.75) is 38.6 Å². The Kier molecular flexibility index (Phi) is 4.42. The van der Waals surface area contributed by atoms with E-state index in [4.69, 9.17) is 16.3 Å². The normalized spacial score (nSPS) is 26.1. The molecule has 0 saturated heterocycles. The molecule has 1 saturated carbocycles. The molecule has 0 amide bonds. The minimum Gasteiger partial charge on any atom is -0.469 e. The molecule has 1 aliphatic rings. The van der Waals surface area contributed by atoms with Gasteiger partial charge in [-0.25, -0.2) is 9.37 Å². The van der Waals surface area contributed by atoms with Gasteiger partial charge in [0.05, 0.1) is 18.7 Å². The van der Waals surface area contributed by atoms with Crippen molar-refractivity contribution in [2.75, 3.05) is 12.4 Å². The Morgan fingerprint density at radius 2 is 2.40 bits per heavy atom. The van der Waals surface area contributed by atoms with Gasteiger partial charge in [-0.2, -0.15) is 4.98 Å². The lowest BCUT2D eigenvalue weighted by atomic mass is 9.73. The smallest absolute Gasteiger partial charge is 0.311 e. The first-order valence-electron chi connectivity index (χ1n) is 6.47. The zero-order valence-electron chi connectivity index (χ0n) is 11.4. The highest BCUT2D eigenvalue weighted by molar-refractivity contribution is 6.28. The van der Waals surface area contributed by atoms with Gasteiger partial charge >= 0.3 is 5.97 Å². The summed E-state index contributed by atoms with van der Waals surface area (Å²) in [4.78, 5) is 19.2. The van der Waals surface area contributed by atoms with Crippen LogP contribution in [0.2, 0.25) is 5.28 Å². The fourth-order valence-corrected chi connectivity index (χ4v) is 2.82. The van der Waals surface area contributed by atoms with E-state index in [0.717, 1.165) is 25.5 Å². The second-order valence-corrected chi connectivity index (χ2v) is 5.66. The van der Waals surface area contributed by atoms with Crippen LogP contribution in [0, 0.1) is 11.2 Å². The van der Waals surface area contributed by atoms with Crippen molar-refractivity contribution in [2.24, 2.45) is 5.41 Å². The number of halogens is 2. The number of carbonyl (C=O) groups is 1. The van der Waals surface area contributed by atoms with E-state index >= 15 is 0 Å². The third-order valence-corrected chi connectivity index (χ3v) is 3.89. The van der Waals surface area contributed by atoms with Gasteiger partial charge in [0.2, 0.25) is 5.28 Å². The lowest BCUT2D eigenvalue weighted by Crippen LogP contribution is -2.39. The Morgan fingerprint density at radius 3 is 3.10 bits per heavy atom. The fourth-order valence-electron chi connectivity index (χ4n) is 2.68. The highest BCUT2D eigenvalue weighted by Gasteiger charge is 2.39. The second kappa shape index (κ2) is 5.91. The van der Waals surface area contributed by atoms with Gasteiger partial charge in [-0.1, -0.05) is 6.42 Å². The van der Waals surface area contributed by atoms with Gasteiger partial charge in [0.1, 0.15) is 0 Å². The van der Waals surface area contributed by atoms with Crippen molar-refractivity contribution in [3.63, 3.8) is 0 Å². The Bertz CT molecular complexity index is 514. The number of methoxy groups -OCH3 is 1. The molecule has 1 aliphatic carbocycles. The Balaban J connectivity index is 2.10. The molecule has 0 spiro atoms. The summed E-state index contributed by atoms with van der Waals surface area (Å²) in [6.45, 7) is 1.87. The van der Waals surface area contributed by atoms with Gasteiger partial charge in [0, 0.05) is 6.04 Å². The second-order valence-electron chi connectivity index (χ2n) is 5.33. The van der Waals surface area contributed by atoms with Crippen molar-refractivity contribution < 1.29 is 13.9 Å². The maximum Gasteiger partial charge on any atom is 0.311 e. The molecule has 2 atom stereocenters. The minimum atomic E-state index is -0.556. The SMILES string of the molecule is COC(=O)[C@]1(C)CCCC(Nc2nc(Cl)ncc2F)C1. The van der Waals surface area contributed by atoms with Gasteiger partial charge < -0.3 is 10.1 Å². The molecule has 0 aliphatic heterocycles. The molecule has 1 N–H and O–H groups in total. The molecule has 20 heavy (non-hydrogen) atoms. The molecule has 1 unspecified atom stereocenters. The van der Waals surface area contributed by atoms with Crippen molar-refractivity contribution in [1.29, 1.82) is 0 Å². The predicted molar refractivity (Wildman–Crippen MR) is 73.0 cm³/mol. The number of hydrogen-bond donors (Lipinski definition) is 1. The summed E-state index contributed by atoms with van der Waals surface area (Å²) >= 11 is 5.66. The summed E-state index contributed by atoms with van der Waals surface area (Å²) in [5, 5.41) is 2.99.